The van der Waals surface area contributed by atoms with Crippen LogP contribution in [0.3, 0.4) is 0 Å². The summed E-state index contributed by atoms with van der Waals surface area (Å²) in [6.45, 7) is 3.77. The molecule has 1 atom stereocenters. The molecule has 136 valence electrons. The van der Waals surface area contributed by atoms with E-state index in [1.54, 1.807) is 12.3 Å². The Kier molecular flexibility index (Phi) is 4.50. The van der Waals surface area contributed by atoms with Gasteiger partial charge in [0.2, 0.25) is 0 Å². The smallest absolute Gasteiger partial charge is 0.377 e. The molecule has 0 bridgehead atoms. The first-order valence-electron chi connectivity index (χ1n) is 7.42. The van der Waals surface area contributed by atoms with Gasteiger partial charge in [-0.25, -0.2) is 0 Å². The second-order valence-corrected chi connectivity index (χ2v) is 7.19. The molecule has 1 fully saturated rings. The van der Waals surface area contributed by atoms with E-state index in [2.05, 4.69) is 14.1 Å². The van der Waals surface area contributed by atoms with Crippen LogP contribution in [0.5, 0.6) is 5.75 Å². The fraction of sp³-hybridized carbons (Fsp3) is 0.400. The predicted octanol–water partition coefficient (Wildman–Crippen LogP) is 2.69. The van der Waals surface area contributed by atoms with Crippen molar-refractivity contribution in [2.24, 2.45) is 0 Å². The Morgan fingerprint density at radius 3 is 2.76 bits per heavy atom. The summed E-state index contributed by atoms with van der Waals surface area (Å²) in [7, 11) is -5.71. The lowest BCUT2D eigenvalue weighted by Crippen LogP contribution is -2.43. The molecule has 0 radical (unpaired) electrons. The van der Waals surface area contributed by atoms with E-state index >= 15 is 0 Å². The maximum absolute atomic E-state index is 12.4. The number of hydrogen-bond acceptors (Lipinski definition) is 6. The van der Waals surface area contributed by atoms with Crippen LogP contribution in [0.25, 0.3) is 10.9 Å². The Morgan fingerprint density at radius 2 is 2.08 bits per heavy atom. The minimum absolute atomic E-state index is 0.123. The maximum atomic E-state index is 12.4. The molecule has 1 saturated heterocycles. The Bertz CT molecular complexity index is 886. The van der Waals surface area contributed by atoms with Gasteiger partial charge in [-0.2, -0.15) is 21.6 Å². The monoisotopic (exact) mass is 376 g/mol. The van der Waals surface area contributed by atoms with E-state index in [9.17, 15) is 21.6 Å². The summed E-state index contributed by atoms with van der Waals surface area (Å²) < 4.78 is 69.1. The average molecular weight is 376 g/mol. The Labute approximate surface area is 142 Å². The molecule has 6 nitrogen and oxygen atoms in total. The van der Waals surface area contributed by atoms with Crippen molar-refractivity contribution in [2.75, 3.05) is 24.7 Å². The average Bonchev–Trinajstić information content (AvgIpc) is 2.53. The molecular formula is C15H15F3N2O4S. The van der Waals surface area contributed by atoms with E-state index < -0.39 is 21.4 Å². The van der Waals surface area contributed by atoms with Crippen molar-refractivity contribution in [2.45, 2.75) is 18.5 Å². The fourth-order valence-corrected chi connectivity index (χ4v) is 3.04. The van der Waals surface area contributed by atoms with E-state index in [0.717, 1.165) is 11.8 Å². The van der Waals surface area contributed by atoms with Gasteiger partial charge < -0.3 is 13.8 Å². The molecule has 10 heteroatoms. The molecule has 1 aromatic heterocycles. The summed E-state index contributed by atoms with van der Waals surface area (Å²) in [6, 6.07) is 5.62. The molecule has 2 aromatic rings. The Hall–Kier alpha value is -2.07. The first-order valence-corrected chi connectivity index (χ1v) is 8.83. The number of pyridine rings is 1. The van der Waals surface area contributed by atoms with Crippen molar-refractivity contribution in [1.82, 2.24) is 4.98 Å². The van der Waals surface area contributed by atoms with Crippen molar-refractivity contribution < 1.29 is 30.5 Å². The molecule has 1 aliphatic rings. The fourth-order valence-electron chi connectivity index (χ4n) is 2.59. The highest BCUT2D eigenvalue weighted by molar-refractivity contribution is 7.88. The normalized spacial score (nSPS) is 19.2. The van der Waals surface area contributed by atoms with Crippen LogP contribution in [0.15, 0.2) is 30.5 Å². The lowest BCUT2D eigenvalue weighted by Gasteiger charge is -2.35. The zero-order valence-electron chi connectivity index (χ0n) is 13.2. The van der Waals surface area contributed by atoms with Gasteiger partial charge in [0.25, 0.3) is 0 Å². The molecule has 0 N–H and O–H groups in total. The Morgan fingerprint density at radius 1 is 1.32 bits per heavy atom. The number of ether oxygens (including phenoxy) is 1. The van der Waals surface area contributed by atoms with E-state index in [1.807, 2.05) is 6.92 Å². The highest BCUT2D eigenvalue weighted by atomic mass is 32.2. The van der Waals surface area contributed by atoms with Crippen molar-refractivity contribution in [3.8, 4) is 5.75 Å². The van der Waals surface area contributed by atoms with E-state index in [-0.39, 0.29) is 6.04 Å². The lowest BCUT2D eigenvalue weighted by atomic mass is 10.1. The molecule has 1 aromatic carbocycles. The largest absolute Gasteiger partial charge is 0.534 e. The standard InChI is InChI=1S/C15H15F3N2O4S/c1-10-9-23-5-4-20(10)12-6-11-7-13(2-3-14(11)19-8-12)24-25(21,22)15(16,17)18/h2-3,6-8,10H,4-5,9H2,1H3. The third kappa shape index (κ3) is 3.64. The van der Waals surface area contributed by atoms with Crippen LogP contribution >= 0.6 is 0 Å². The summed E-state index contributed by atoms with van der Waals surface area (Å²) in [4.78, 5) is 6.33. The molecule has 0 aliphatic carbocycles. The van der Waals surface area contributed by atoms with Crippen LogP contribution in [-0.2, 0) is 14.9 Å². The van der Waals surface area contributed by atoms with Gasteiger partial charge in [0, 0.05) is 18.0 Å². The lowest BCUT2D eigenvalue weighted by molar-refractivity contribution is -0.0500. The number of morpholine rings is 1. The second-order valence-electron chi connectivity index (χ2n) is 5.65. The molecule has 1 aliphatic heterocycles. The first-order chi connectivity index (χ1) is 11.7. The minimum Gasteiger partial charge on any atom is -0.377 e. The molecule has 0 amide bonds. The minimum atomic E-state index is -5.71. The molecule has 1 unspecified atom stereocenters. The number of fused-ring (bicyclic) bond motifs is 1. The third-order valence-corrected chi connectivity index (χ3v) is 4.81. The summed E-state index contributed by atoms with van der Waals surface area (Å²) in [6.07, 6.45) is 1.66. The molecule has 0 saturated carbocycles. The first kappa shape index (κ1) is 17.7. The predicted molar refractivity (Wildman–Crippen MR) is 85.0 cm³/mol. The number of nitrogens with zero attached hydrogens (tertiary/aromatic N) is 2. The van der Waals surface area contributed by atoms with E-state index in [4.69, 9.17) is 4.74 Å². The number of alkyl halides is 3. The van der Waals surface area contributed by atoms with Gasteiger partial charge in [0.05, 0.1) is 30.6 Å². The van der Waals surface area contributed by atoms with Crippen LogP contribution in [0, 0.1) is 0 Å². The zero-order valence-corrected chi connectivity index (χ0v) is 14.0. The highest BCUT2D eigenvalue weighted by Crippen LogP contribution is 2.30. The molecule has 2 heterocycles. The van der Waals surface area contributed by atoms with Crippen molar-refractivity contribution in [3.63, 3.8) is 0 Å². The number of aromatic nitrogens is 1. The topological polar surface area (TPSA) is 68.7 Å². The second kappa shape index (κ2) is 6.34. The third-order valence-electron chi connectivity index (χ3n) is 3.83. The highest BCUT2D eigenvalue weighted by Gasteiger charge is 2.48. The van der Waals surface area contributed by atoms with Crippen molar-refractivity contribution in [1.29, 1.82) is 0 Å². The van der Waals surface area contributed by atoms with Crippen molar-refractivity contribution >= 4 is 26.7 Å². The number of halogens is 3. The molecule has 25 heavy (non-hydrogen) atoms. The van der Waals surface area contributed by atoms with Gasteiger partial charge in [-0.05, 0) is 31.2 Å². The van der Waals surface area contributed by atoms with Gasteiger partial charge in [-0.3, -0.25) is 4.98 Å². The van der Waals surface area contributed by atoms with Gasteiger partial charge in [0.15, 0.2) is 0 Å². The van der Waals surface area contributed by atoms with Crippen LogP contribution in [0.4, 0.5) is 18.9 Å². The number of anilines is 1. The van der Waals surface area contributed by atoms with Gasteiger partial charge in [0.1, 0.15) is 5.75 Å². The van der Waals surface area contributed by atoms with E-state index in [0.29, 0.717) is 30.7 Å². The van der Waals surface area contributed by atoms with Crippen molar-refractivity contribution in [3.05, 3.63) is 30.5 Å². The summed E-state index contributed by atoms with van der Waals surface area (Å²) >= 11 is 0. The van der Waals surface area contributed by atoms with Gasteiger partial charge in [-0.15, -0.1) is 0 Å². The number of benzene rings is 1. The Balaban J connectivity index is 1.94. The van der Waals surface area contributed by atoms with E-state index in [1.165, 1.54) is 12.1 Å². The number of hydrogen-bond donors (Lipinski definition) is 0. The van der Waals surface area contributed by atoms with Crippen LogP contribution in [0.2, 0.25) is 0 Å². The SMILES string of the molecule is CC1COCCN1c1cnc2ccc(OS(=O)(=O)C(F)(F)F)cc2c1. The van der Waals surface area contributed by atoms with Gasteiger partial charge in [-0.1, -0.05) is 0 Å². The number of rotatable bonds is 3. The summed E-state index contributed by atoms with van der Waals surface area (Å²) in [5.41, 5.74) is -4.19. The molecule has 3 rings (SSSR count). The maximum Gasteiger partial charge on any atom is 0.534 e. The quantitative estimate of drug-likeness (QED) is 0.606. The summed E-state index contributed by atoms with van der Waals surface area (Å²) in [5, 5.41) is 0.478. The zero-order chi connectivity index (χ0) is 18.2. The molecule has 0 spiro atoms. The molecular weight excluding hydrogens is 361 g/mol. The van der Waals surface area contributed by atoms with Crippen LogP contribution in [-0.4, -0.2) is 44.7 Å². The van der Waals surface area contributed by atoms with Crippen LogP contribution < -0.4 is 9.08 Å². The summed E-state index contributed by atoms with van der Waals surface area (Å²) in [5.74, 6) is -0.418. The van der Waals surface area contributed by atoms with Gasteiger partial charge >= 0.3 is 15.6 Å². The van der Waals surface area contributed by atoms with Crippen LogP contribution in [0.1, 0.15) is 6.92 Å².